The zero-order valence-corrected chi connectivity index (χ0v) is 17.5. The topological polar surface area (TPSA) is 44.1 Å². The zero-order valence-electron chi connectivity index (χ0n) is 16.7. The summed E-state index contributed by atoms with van der Waals surface area (Å²) in [6.45, 7) is -0.0964. The molecule has 8 heteroatoms. The molecule has 1 unspecified atom stereocenters. The van der Waals surface area contributed by atoms with E-state index in [0.717, 1.165) is 23.5 Å². The molecule has 0 fully saturated rings. The highest BCUT2D eigenvalue weighted by Crippen LogP contribution is 2.34. The molecule has 4 nitrogen and oxygen atoms in total. The highest BCUT2D eigenvalue weighted by atomic mass is 35.5. The summed E-state index contributed by atoms with van der Waals surface area (Å²) in [5.74, 6) is 0.504. The minimum Gasteiger partial charge on any atom is -0.487 e. The molecule has 1 heterocycles. The Balaban J connectivity index is 1.52. The molecule has 3 aromatic rings. The number of benzene rings is 2. The number of carbonyl (C=O) groups excluding carboxylic acids is 1. The number of hydrogen-bond acceptors (Lipinski definition) is 3. The maximum atomic E-state index is 13.3. The smallest absolute Gasteiger partial charge is 0.435 e. The van der Waals surface area contributed by atoms with Crippen LogP contribution in [0.15, 0.2) is 77.9 Å². The lowest BCUT2D eigenvalue weighted by Gasteiger charge is -2.20. The summed E-state index contributed by atoms with van der Waals surface area (Å²) in [6.07, 6.45) is 1.90. The normalized spacial score (nSPS) is 16.0. The predicted molar refractivity (Wildman–Crippen MR) is 116 cm³/mol. The van der Waals surface area contributed by atoms with Crippen molar-refractivity contribution in [2.75, 3.05) is 0 Å². The van der Waals surface area contributed by atoms with E-state index in [2.05, 4.69) is 5.10 Å². The molecule has 2 aromatic carbocycles. The third-order valence-electron chi connectivity index (χ3n) is 5.09. The van der Waals surface area contributed by atoms with Crippen LogP contribution in [0.5, 0.6) is 5.75 Å². The van der Waals surface area contributed by atoms with E-state index in [9.17, 15) is 18.0 Å². The van der Waals surface area contributed by atoms with Gasteiger partial charge in [-0.05, 0) is 41.8 Å². The number of alkyl halides is 3. The Kier molecular flexibility index (Phi) is 6.19. The fourth-order valence-electron chi connectivity index (χ4n) is 3.41. The van der Waals surface area contributed by atoms with Crippen molar-refractivity contribution in [1.82, 2.24) is 9.78 Å². The molecule has 0 saturated heterocycles. The van der Waals surface area contributed by atoms with E-state index < -0.39 is 17.9 Å². The van der Waals surface area contributed by atoms with E-state index in [-0.39, 0.29) is 12.3 Å². The molecule has 1 aromatic heterocycles. The molecule has 32 heavy (non-hydrogen) atoms. The van der Waals surface area contributed by atoms with E-state index in [4.69, 9.17) is 16.3 Å². The first-order valence-electron chi connectivity index (χ1n) is 9.81. The number of allylic oxidation sites excluding steroid dienone is 4. The van der Waals surface area contributed by atoms with Gasteiger partial charge in [-0.3, -0.25) is 9.48 Å². The lowest BCUT2D eigenvalue weighted by atomic mass is 10.0. The van der Waals surface area contributed by atoms with Crippen molar-refractivity contribution in [1.29, 1.82) is 0 Å². The molecule has 4 rings (SSSR count). The fourth-order valence-corrected chi connectivity index (χ4v) is 3.67. The van der Waals surface area contributed by atoms with Gasteiger partial charge in [-0.25, -0.2) is 0 Å². The largest absolute Gasteiger partial charge is 0.487 e. The van der Waals surface area contributed by atoms with Crippen LogP contribution in [0.2, 0.25) is 0 Å². The van der Waals surface area contributed by atoms with Gasteiger partial charge in [0.25, 0.3) is 0 Å². The molecule has 0 saturated carbocycles. The molecule has 1 aliphatic rings. The van der Waals surface area contributed by atoms with Gasteiger partial charge in [0, 0.05) is 10.6 Å². The number of halogens is 4. The Morgan fingerprint density at radius 1 is 1.09 bits per heavy atom. The molecule has 1 aliphatic carbocycles. The lowest BCUT2D eigenvalue weighted by Crippen LogP contribution is -2.17. The second-order valence-corrected chi connectivity index (χ2v) is 7.68. The third-order valence-corrected chi connectivity index (χ3v) is 5.47. The second kappa shape index (κ2) is 9.04. The van der Waals surface area contributed by atoms with Crippen molar-refractivity contribution >= 4 is 17.9 Å². The first kappa shape index (κ1) is 21.9. The van der Waals surface area contributed by atoms with Crippen molar-refractivity contribution in [2.45, 2.75) is 25.2 Å². The predicted octanol–water partition coefficient (Wildman–Crippen LogP) is 6.58. The van der Waals surface area contributed by atoms with Crippen LogP contribution in [-0.2, 0) is 12.8 Å². The first-order chi connectivity index (χ1) is 15.3. The van der Waals surface area contributed by atoms with Gasteiger partial charge in [-0.15, -0.1) is 0 Å². The average Bonchev–Trinajstić information content (AvgIpc) is 3.23. The number of aromatic nitrogens is 2. The summed E-state index contributed by atoms with van der Waals surface area (Å²) in [7, 11) is 0. The molecule has 0 amide bonds. The molecule has 1 atom stereocenters. The van der Waals surface area contributed by atoms with Crippen molar-refractivity contribution in [3.8, 4) is 16.9 Å². The summed E-state index contributed by atoms with van der Waals surface area (Å²) in [6, 6.07) is 14.8. The summed E-state index contributed by atoms with van der Waals surface area (Å²) in [5, 5.41) is 4.18. The Morgan fingerprint density at radius 2 is 1.75 bits per heavy atom. The fraction of sp³-hybridized carbons (Fsp3) is 0.167. The quantitative estimate of drug-likeness (QED) is 0.392. The number of nitrogens with zero attached hydrogens (tertiary/aromatic N) is 2. The summed E-state index contributed by atoms with van der Waals surface area (Å²) in [5.41, 5.74) is 1.74. The van der Waals surface area contributed by atoms with Crippen LogP contribution in [0.4, 0.5) is 13.2 Å². The van der Waals surface area contributed by atoms with E-state index >= 15 is 0 Å². The maximum Gasteiger partial charge on any atom is 0.435 e. The molecule has 164 valence electrons. The maximum absolute atomic E-state index is 13.3. The van der Waals surface area contributed by atoms with E-state index in [1.54, 1.807) is 36.4 Å². The number of aldehydes is 1. The molecule has 0 radical (unpaired) electrons. The van der Waals surface area contributed by atoms with Crippen LogP contribution in [0.1, 0.15) is 34.2 Å². The van der Waals surface area contributed by atoms with Crippen LogP contribution >= 0.6 is 11.6 Å². The van der Waals surface area contributed by atoms with Crippen LogP contribution in [0, 0.1) is 0 Å². The summed E-state index contributed by atoms with van der Waals surface area (Å²) in [4.78, 5) is 10.8. The number of hydrogen-bond donors (Lipinski definition) is 0. The monoisotopic (exact) mass is 458 g/mol. The molecular formula is C24H18ClF3N2O2. The van der Waals surface area contributed by atoms with Crippen molar-refractivity contribution in [2.24, 2.45) is 0 Å². The lowest BCUT2D eigenvalue weighted by molar-refractivity contribution is -0.141. The van der Waals surface area contributed by atoms with E-state index in [1.165, 1.54) is 4.68 Å². The Hall–Kier alpha value is -3.32. The van der Waals surface area contributed by atoms with E-state index in [1.807, 2.05) is 30.3 Å². The molecular weight excluding hydrogens is 441 g/mol. The first-order valence-corrected chi connectivity index (χ1v) is 10.2. The number of carbonyl (C=O) groups is 1. The van der Waals surface area contributed by atoms with E-state index in [0.29, 0.717) is 22.8 Å². The summed E-state index contributed by atoms with van der Waals surface area (Å²) < 4.78 is 46.8. The van der Waals surface area contributed by atoms with Gasteiger partial charge < -0.3 is 4.74 Å². The van der Waals surface area contributed by atoms with Gasteiger partial charge in [0.05, 0.1) is 11.7 Å². The van der Waals surface area contributed by atoms with Crippen molar-refractivity contribution in [3.63, 3.8) is 0 Å². The SMILES string of the molecule is O=Cc1ccc(-c2ccc(OCc3cc(C(F)(F)F)nn3C3CC=CC=C3Cl)cc2)cc1. The van der Waals surface area contributed by atoms with Gasteiger partial charge in [0.1, 0.15) is 18.6 Å². The highest BCUT2D eigenvalue weighted by Gasteiger charge is 2.36. The molecule has 0 spiro atoms. The van der Waals surface area contributed by atoms with Crippen molar-refractivity contribution in [3.05, 3.63) is 94.8 Å². The van der Waals surface area contributed by atoms with Crippen LogP contribution in [0.25, 0.3) is 11.1 Å². The number of ether oxygens (including phenoxy) is 1. The van der Waals surface area contributed by atoms with Gasteiger partial charge in [0.2, 0.25) is 0 Å². The standard InChI is InChI=1S/C24H18ClF3N2O2/c25-21-3-1-2-4-22(21)30-19(13-23(29-30)24(26,27)28)15-32-20-11-9-18(10-12-20)17-7-5-16(14-31)6-8-17/h1-3,5-14,22H,4,15H2. The third kappa shape index (κ3) is 4.78. The Morgan fingerprint density at radius 3 is 2.34 bits per heavy atom. The van der Waals surface area contributed by atoms with Gasteiger partial charge in [0.15, 0.2) is 5.69 Å². The minimum atomic E-state index is -4.57. The van der Waals surface area contributed by atoms with Crippen LogP contribution in [0.3, 0.4) is 0 Å². The zero-order chi connectivity index (χ0) is 22.7. The van der Waals surface area contributed by atoms with Gasteiger partial charge in [-0.1, -0.05) is 60.2 Å². The second-order valence-electron chi connectivity index (χ2n) is 7.25. The van der Waals surface area contributed by atoms with Gasteiger partial charge in [-0.2, -0.15) is 18.3 Å². The number of rotatable bonds is 6. The van der Waals surface area contributed by atoms with Gasteiger partial charge >= 0.3 is 6.18 Å². The van der Waals surface area contributed by atoms with Crippen LogP contribution in [-0.4, -0.2) is 16.1 Å². The van der Waals surface area contributed by atoms with Crippen molar-refractivity contribution < 1.29 is 22.7 Å². The Labute approximate surface area is 187 Å². The molecule has 0 bridgehead atoms. The van der Waals surface area contributed by atoms with Crippen LogP contribution < -0.4 is 4.74 Å². The molecule has 0 aliphatic heterocycles. The Bertz CT molecular complexity index is 1160. The average molecular weight is 459 g/mol. The summed E-state index contributed by atoms with van der Waals surface area (Å²) >= 11 is 6.23. The molecule has 0 N–H and O–H groups in total. The minimum absolute atomic E-state index is 0.0964. The highest BCUT2D eigenvalue weighted by molar-refractivity contribution is 6.30.